The van der Waals surface area contributed by atoms with Gasteiger partial charge in [-0.25, -0.2) is 0 Å². The third kappa shape index (κ3) is 2.30. The molecule has 0 saturated heterocycles. The van der Waals surface area contributed by atoms with E-state index in [1.807, 2.05) is 23.5 Å². The summed E-state index contributed by atoms with van der Waals surface area (Å²) < 4.78 is 10.6. The first-order valence-corrected chi connectivity index (χ1v) is 7.86. The van der Waals surface area contributed by atoms with Crippen LogP contribution < -0.4 is 0 Å². The first-order chi connectivity index (χ1) is 10.3. The highest BCUT2D eigenvalue weighted by molar-refractivity contribution is 7.10. The number of rotatable bonds is 3. The van der Waals surface area contributed by atoms with Crippen molar-refractivity contribution in [3.05, 3.63) is 46.2 Å². The first kappa shape index (κ1) is 12.8. The Bertz CT molecular complexity index is 732. The summed E-state index contributed by atoms with van der Waals surface area (Å²) in [4.78, 5) is 8.28. The molecule has 0 spiro atoms. The van der Waals surface area contributed by atoms with Crippen LogP contribution in [0.3, 0.4) is 0 Å². The van der Waals surface area contributed by atoms with E-state index in [0.717, 1.165) is 13.0 Å². The van der Waals surface area contributed by atoms with Crippen molar-refractivity contribution in [2.24, 2.45) is 0 Å². The van der Waals surface area contributed by atoms with Crippen LogP contribution in [0.5, 0.6) is 0 Å². The van der Waals surface area contributed by atoms with Crippen LogP contribution in [0, 0.1) is 0 Å². The Morgan fingerprint density at radius 1 is 1.43 bits per heavy atom. The van der Waals surface area contributed by atoms with Crippen molar-refractivity contribution in [2.45, 2.75) is 25.9 Å². The molecule has 5 nitrogen and oxygen atoms in total. The molecule has 1 atom stereocenters. The third-order valence-corrected chi connectivity index (χ3v) is 4.95. The molecule has 0 amide bonds. The minimum Gasteiger partial charge on any atom is -0.461 e. The third-order valence-electron chi connectivity index (χ3n) is 3.95. The van der Waals surface area contributed by atoms with Gasteiger partial charge in [-0.15, -0.1) is 11.3 Å². The molecular weight excluding hydrogens is 286 g/mol. The second-order valence-electron chi connectivity index (χ2n) is 5.18. The van der Waals surface area contributed by atoms with Crippen LogP contribution in [-0.2, 0) is 13.0 Å². The number of fused-ring (bicyclic) bond motifs is 1. The van der Waals surface area contributed by atoms with Gasteiger partial charge in [-0.05, 0) is 42.5 Å². The minimum atomic E-state index is 0.388. The Morgan fingerprint density at radius 3 is 3.24 bits per heavy atom. The van der Waals surface area contributed by atoms with Gasteiger partial charge >= 0.3 is 0 Å². The van der Waals surface area contributed by atoms with Crippen molar-refractivity contribution < 1.29 is 8.94 Å². The summed E-state index contributed by atoms with van der Waals surface area (Å²) in [7, 11) is 0. The maximum Gasteiger partial charge on any atom is 0.241 e. The van der Waals surface area contributed by atoms with Crippen LogP contribution in [0.15, 0.2) is 38.8 Å². The number of furan rings is 1. The van der Waals surface area contributed by atoms with E-state index < -0.39 is 0 Å². The number of aromatic nitrogens is 2. The van der Waals surface area contributed by atoms with E-state index in [0.29, 0.717) is 30.1 Å². The molecule has 1 aliphatic rings. The zero-order valence-corrected chi connectivity index (χ0v) is 12.5. The summed E-state index contributed by atoms with van der Waals surface area (Å²) in [6.45, 7) is 3.92. The van der Waals surface area contributed by atoms with Crippen molar-refractivity contribution >= 4 is 11.3 Å². The Balaban J connectivity index is 1.52. The van der Waals surface area contributed by atoms with Crippen LogP contribution >= 0.6 is 11.3 Å². The molecule has 6 heteroatoms. The second-order valence-corrected chi connectivity index (χ2v) is 6.19. The van der Waals surface area contributed by atoms with Crippen LogP contribution in [0.25, 0.3) is 11.6 Å². The zero-order chi connectivity index (χ0) is 14.2. The standard InChI is InChI=1S/C15H15N3O2S/c1-10-11-5-8-21-13(11)4-6-18(10)9-14-16-15(17-20-14)12-3-2-7-19-12/h2-3,5,7-8,10H,4,6,9H2,1H3/t10-/m0/s1. The van der Waals surface area contributed by atoms with Gasteiger partial charge in [-0.3, -0.25) is 4.90 Å². The van der Waals surface area contributed by atoms with Gasteiger partial charge in [0.1, 0.15) is 0 Å². The van der Waals surface area contributed by atoms with Crippen LogP contribution in [0.4, 0.5) is 0 Å². The SMILES string of the molecule is C[C@H]1c2ccsc2CCN1Cc1nc(-c2ccco2)no1. The summed E-state index contributed by atoms with van der Waals surface area (Å²) >= 11 is 1.85. The van der Waals surface area contributed by atoms with Gasteiger partial charge in [0.05, 0.1) is 12.8 Å². The van der Waals surface area contributed by atoms with Gasteiger partial charge in [-0.1, -0.05) is 5.16 Å². The molecule has 3 aromatic rings. The molecule has 3 aromatic heterocycles. The van der Waals surface area contributed by atoms with Gasteiger partial charge in [0.25, 0.3) is 0 Å². The largest absolute Gasteiger partial charge is 0.461 e. The van der Waals surface area contributed by atoms with E-state index in [-0.39, 0.29) is 0 Å². The van der Waals surface area contributed by atoms with E-state index in [1.54, 1.807) is 6.26 Å². The van der Waals surface area contributed by atoms with E-state index in [2.05, 4.69) is 33.4 Å². The van der Waals surface area contributed by atoms with Gasteiger partial charge in [0.15, 0.2) is 5.76 Å². The van der Waals surface area contributed by atoms with Crippen LogP contribution in [0.1, 0.15) is 29.3 Å². The van der Waals surface area contributed by atoms with Gasteiger partial charge in [-0.2, -0.15) is 4.98 Å². The highest BCUT2D eigenvalue weighted by atomic mass is 32.1. The highest BCUT2D eigenvalue weighted by Crippen LogP contribution is 2.33. The van der Waals surface area contributed by atoms with Gasteiger partial charge in [0.2, 0.25) is 11.7 Å². The molecule has 0 radical (unpaired) electrons. The van der Waals surface area contributed by atoms with Crippen molar-refractivity contribution in [3.63, 3.8) is 0 Å². The number of nitrogens with zero attached hydrogens (tertiary/aromatic N) is 3. The summed E-state index contributed by atoms with van der Waals surface area (Å²) in [5, 5.41) is 6.15. The van der Waals surface area contributed by atoms with Gasteiger partial charge in [0, 0.05) is 17.5 Å². The average Bonchev–Trinajstić information content (AvgIpc) is 3.21. The molecule has 0 saturated carbocycles. The summed E-state index contributed by atoms with van der Waals surface area (Å²) in [6, 6.07) is 6.25. The molecular formula is C15H15N3O2S. The quantitative estimate of drug-likeness (QED) is 0.741. The van der Waals surface area contributed by atoms with E-state index in [4.69, 9.17) is 8.94 Å². The lowest BCUT2D eigenvalue weighted by atomic mass is 10.0. The normalized spacial score (nSPS) is 18.8. The van der Waals surface area contributed by atoms with Crippen molar-refractivity contribution in [3.8, 4) is 11.6 Å². The fraction of sp³-hybridized carbons (Fsp3) is 0.333. The van der Waals surface area contributed by atoms with Crippen molar-refractivity contribution in [1.82, 2.24) is 15.0 Å². The topological polar surface area (TPSA) is 55.3 Å². The monoisotopic (exact) mass is 301 g/mol. The fourth-order valence-electron chi connectivity index (χ4n) is 2.78. The van der Waals surface area contributed by atoms with E-state index in [1.165, 1.54) is 10.4 Å². The zero-order valence-electron chi connectivity index (χ0n) is 11.7. The lowest BCUT2D eigenvalue weighted by Crippen LogP contribution is -2.32. The number of hydrogen-bond donors (Lipinski definition) is 0. The Hall–Kier alpha value is -1.92. The maximum atomic E-state index is 5.35. The number of thiophene rings is 1. The second kappa shape index (κ2) is 5.13. The lowest BCUT2D eigenvalue weighted by molar-refractivity contribution is 0.167. The van der Waals surface area contributed by atoms with Gasteiger partial charge < -0.3 is 8.94 Å². The molecule has 0 unspecified atom stereocenters. The predicted molar refractivity (Wildman–Crippen MR) is 78.8 cm³/mol. The Kier molecular flexibility index (Phi) is 3.12. The summed E-state index contributed by atoms with van der Waals surface area (Å²) in [5.41, 5.74) is 1.43. The number of hydrogen-bond acceptors (Lipinski definition) is 6. The molecule has 108 valence electrons. The smallest absolute Gasteiger partial charge is 0.241 e. The highest BCUT2D eigenvalue weighted by Gasteiger charge is 2.26. The summed E-state index contributed by atoms with van der Waals surface area (Å²) in [5.74, 6) is 1.78. The lowest BCUT2D eigenvalue weighted by Gasteiger charge is -2.32. The van der Waals surface area contributed by atoms with E-state index in [9.17, 15) is 0 Å². The van der Waals surface area contributed by atoms with E-state index >= 15 is 0 Å². The molecule has 21 heavy (non-hydrogen) atoms. The summed E-state index contributed by atoms with van der Waals surface area (Å²) in [6.07, 6.45) is 2.70. The molecule has 0 N–H and O–H groups in total. The molecule has 0 fully saturated rings. The molecule has 0 aromatic carbocycles. The Labute approximate surface area is 126 Å². The van der Waals surface area contributed by atoms with Crippen LogP contribution in [0.2, 0.25) is 0 Å². The first-order valence-electron chi connectivity index (χ1n) is 6.98. The maximum absolute atomic E-state index is 5.35. The average molecular weight is 301 g/mol. The minimum absolute atomic E-state index is 0.388. The molecule has 1 aliphatic heterocycles. The Morgan fingerprint density at radius 2 is 2.38 bits per heavy atom. The molecule has 0 bridgehead atoms. The molecule has 4 rings (SSSR count). The predicted octanol–water partition coefficient (Wildman–Crippen LogP) is 3.51. The van der Waals surface area contributed by atoms with Crippen molar-refractivity contribution in [1.29, 1.82) is 0 Å². The fourth-order valence-corrected chi connectivity index (χ4v) is 3.74. The molecule has 0 aliphatic carbocycles. The van der Waals surface area contributed by atoms with Crippen LogP contribution in [-0.4, -0.2) is 21.6 Å². The molecule has 4 heterocycles. The van der Waals surface area contributed by atoms with Crippen molar-refractivity contribution in [2.75, 3.05) is 6.54 Å².